The van der Waals surface area contributed by atoms with E-state index in [1.54, 1.807) is 12.1 Å². The molecule has 1 rings (SSSR count). The Labute approximate surface area is 127 Å². The first-order valence-corrected chi connectivity index (χ1v) is 7.24. The number of aromatic hydroxyl groups is 1. The minimum Gasteiger partial charge on any atom is -0.508 e. The van der Waals surface area contributed by atoms with Gasteiger partial charge in [-0.25, -0.2) is 4.79 Å². The van der Waals surface area contributed by atoms with Crippen LogP contribution in [0.2, 0.25) is 0 Å². The molecule has 1 aromatic carbocycles. The van der Waals surface area contributed by atoms with E-state index in [1.165, 1.54) is 38.9 Å². The number of ether oxygens (including phenoxy) is 1. The maximum atomic E-state index is 10.6. The van der Waals surface area contributed by atoms with Crippen molar-refractivity contribution in [1.29, 1.82) is 0 Å². The van der Waals surface area contributed by atoms with Crippen LogP contribution in [0.15, 0.2) is 24.3 Å². The van der Waals surface area contributed by atoms with Crippen molar-refractivity contribution in [1.82, 2.24) is 4.90 Å². The van der Waals surface area contributed by atoms with Gasteiger partial charge in [0.15, 0.2) is 6.10 Å². The molecule has 2 N–H and O–H groups in total. The molecule has 0 aliphatic carbocycles. The van der Waals surface area contributed by atoms with E-state index in [9.17, 15) is 4.79 Å². The summed E-state index contributed by atoms with van der Waals surface area (Å²) in [4.78, 5) is 13.0. The summed E-state index contributed by atoms with van der Waals surface area (Å²) in [5, 5.41) is 17.7. The van der Waals surface area contributed by atoms with Gasteiger partial charge in [-0.15, -0.1) is 0 Å². The predicted octanol–water partition coefficient (Wildman–Crippen LogP) is 2.38. The van der Waals surface area contributed by atoms with Gasteiger partial charge >= 0.3 is 5.97 Å². The molecule has 0 aromatic heterocycles. The monoisotopic (exact) mass is 297 g/mol. The number of carboxylic acids is 1. The summed E-state index contributed by atoms with van der Waals surface area (Å²) in [5.41, 5.74) is 0.817. The van der Waals surface area contributed by atoms with E-state index in [-0.39, 0.29) is 5.75 Å². The minimum atomic E-state index is -0.986. The topological polar surface area (TPSA) is 70.0 Å². The van der Waals surface area contributed by atoms with Crippen molar-refractivity contribution in [2.45, 2.75) is 33.3 Å². The average Bonchev–Trinajstić information content (AvgIpc) is 2.49. The number of carbonyl (C=O) groups is 1. The van der Waals surface area contributed by atoms with Crippen molar-refractivity contribution in [2.75, 3.05) is 26.7 Å². The number of rotatable bonds is 7. The van der Waals surface area contributed by atoms with Crippen LogP contribution in [0.3, 0.4) is 0 Å². The normalized spacial score (nSPS) is 11.7. The lowest BCUT2D eigenvalue weighted by Gasteiger charge is -2.13. The van der Waals surface area contributed by atoms with E-state index in [4.69, 9.17) is 14.9 Å². The fourth-order valence-electron chi connectivity index (χ4n) is 1.79. The van der Waals surface area contributed by atoms with E-state index in [2.05, 4.69) is 25.7 Å². The Hall–Kier alpha value is -1.59. The first-order chi connectivity index (χ1) is 9.98. The highest BCUT2D eigenvalue weighted by molar-refractivity contribution is 5.72. The Morgan fingerprint density at radius 2 is 1.62 bits per heavy atom. The molecule has 21 heavy (non-hydrogen) atoms. The molecule has 120 valence electrons. The molecule has 0 saturated carbocycles. The number of benzene rings is 1. The van der Waals surface area contributed by atoms with Gasteiger partial charge in [-0.3, -0.25) is 0 Å². The summed E-state index contributed by atoms with van der Waals surface area (Å²) in [7, 11) is 1.36. The van der Waals surface area contributed by atoms with E-state index >= 15 is 0 Å². The second-order valence-electron chi connectivity index (χ2n) is 4.55. The second kappa shape index (κ2) is 11.1. The van der Waals surface area contributed by atoms with Gasteiger partial charge in [-0.05, 0) is 37.3 Å². The number of methoxy groups -OCH3 is 1. The summed E-state index contributed by atoms with van der Waals surface area (Å²) in [6, 6.07) is 6.38. The van der Waals surface area contributed by atoms with Crippen LogP contribution in [0.4, 0.5) is 0 Å². The van der Waals surface area contributed by atoms with Crippen LogP contribution >= 0.6 is 0 Å². The summed E-state index contributed by atoms with van der Waals surface area (Å²) in [5.74, 6) is -0.821. The Morgan fingerprint density at radius 3 is 1.90 bits per heavy atom. The van der Waals surface area contributed by atoms with Crippen LogP contribution in [0.1, 0.15) is 26.3 Å². The Morgan fingerprint density at radius 1 is 1.14 bits per heavy atom. The van der Waals surface area contributed by atoms with Crippen molar-refractivity contribution in [2.24, 2.45) is 0 Å². The minimum absolute atomic E-state index is 0.165. The summed E-state index contributed by atoms with van der Waals surface area (Å²) >= 11 is 0. The largest absolute Gasteiger partial charge is 0.508 e. The van der Waals surface area contributed by atoms with Crippen LogP contribution in [-0.2, 0) is 16.0 Å². The quantitative estimate of drug-likeness (QED) is 0.808. The molecule has 0 saturated heterocycles. The highest BCUT2D eigenvalue weighted by Crippen LogP contribution is 2.12. The molecule has 5 heteroatoms. The highest BCUT2D eigenvalue weighted by Gasteiger charge is 2.16. The molecule has 0 spiro atoms. The number of aliphatic carboxylic acids is 1. The average molecular weight is 297 g/mol. The molecule has 0 bridgehead atoms. The number of hydrogen-bond acceptors (Lipinski definition) is 4. The van der Waals surface area contributed by atoms with Crippen LogP contribution < -0.4 is 0 Å². The fraction of sp³-hybridized carbons (Fsp3) is 0.562. The van der Waals surface area contributed by atoms with E-state index in [0.717, 1.165) is 5.56 Å². The third-order valence-electron chi connectivity index (χ3n) is 3.26. The zero-order valence-electron chi connectivity index (χ0n) is 13.4. The van der Waals surface area contributed by atoms with Gasteiger partial charge in [0.2, 0.25) is 0 Å². The fourth-order valence-corrected chi connectivity index (χ4v) is 1.79. The number of phenols is 1. The van der Waals surface area contributed by atoms with Crippen molar-refractivity contribution >= 4 is 5.97 Å². The third kappa shape index (κ3) is 8.32. The smallest absolute Gasteiger partial charge is 0.333 e. The molecular weight excluding hydrogens is 270 g/mol. The molecule has 0 aliphatic rings. The van der Waals surface area contributed by atoms with E-state index in [1.807, 2.05) is 0 Å². The highest BCUT2D eigenvalue weighted by atomic mass is 16.5. The molecule has 0 fully saturated rings. The van der Waals surface area contributed by atoms with Crippen LogP contribution in [0.5, 0.6) is 5.75 Å². The van der Waals surface area contributed by atoms with Gasteiger partial charge in [0, 0.05) is 13.5 Å². The lowest BCUT2D eigenvalue weighted by molar-refractivity contribution is -0.148. The Kier molecular flexibility index (Phi) is 10.3. The van der Waals surface area contributed by atoms with E-state index in [0.29, 0.717) is 6.42 Å². The Balaban J connectivity index is 0.000000486. The molecule has 0 radical (unpaired) electrons. The molecule has 0 aliphatic heterocycles. The second-order valence-corrected chi connectivity index (χ2v) is 4.55. The zero-order valence-corrected chi connectivity index (χ0v) is 13.4. The predicted molar refractivity (Wildman–Crippen MR) is 83.7 cm³/mol. The summed E-state index contributed by atoms with van der Waals surface area (Å²) in [6.07, 6.45) is -0.536. The van der Waals surface area contributed by atoms with Gasteiger partial charge in [0.1, 0.15) is 5.75 Å². The van der Waals surface area contributed by atoms with Crippen LogP contribution in [-0.4, -0.2) is 53.9 Å². The number of nitrogens with zero attached hydrogens (tertiary/aromatic N) is 1. The number of hydrogen-bond donors (Lipinski definition) is 2. The summed E-state index contributed by atoms with van der Waals surface area (Å²) in [6.45, 7) is 10.1. The first-order valence-electron chi connectivity index (χ1n) is 7.24. The van der Waals surface area contributed by atoms with Gasteiger partial charge in [-0.2, -0.15) is 0 Å². The molecule has 1 unspecified atom stereocenters. The Bertz CT molecular complexity index is 382. The zero-order chi connectivity index (χ0) is 16.3. The van der Waals surface area contributed by atoms with Crippen molar-refractivity contribution < 1.29 is 19.7 Å². The number of carboxylic acid groups (broad SMARTS) is 1. The van der Waals surface area contributed by atoms with Crippen LogP contribution in [0.25, 0.3) is 0 Å². The molecular formula is C16H27NO4. The van der Waals surface area contributed by atoms with E-state index < -0.39 is 12.1 Å². The van der Waals surface area contributed by atoms with Gasteiger partial charge in [0.05, 0.1) is 0 Å². The first kappa shape index (κ1) is 19.4. The molecule has 1 atom stereocenters. The SMILES string of the molecule is CCN(CC)CC.COC(Cc1ccc(O)cc1)C(=O)O. The molecule has 0 amide bonds. The van der Waals surface area contributed by atoms with Crippen molar-refractivity contribution in [3.63, 3.8) is 0 Å². The van der Waals surface area contributed by atoms with Gasteiger partial charge < -0.3 is 19.8 Å². The molecule has 1 aromatic rings. The summed E-state index contributed by atoms with van der Waals surface area (Å²) < 4.78 is 4.78. The van der Waals surface area contributed by atoms with Gasteiger partial charge in [0.25, 0.3) is 0 Å². The standard InChI is InChI=1S/C10H12O4.C6H15N/c1-14-9(10(12)13)6-7-2-4-8(11)5-3-7;1-4-7(5-2)6-3/h2-5,9,11H,6H2,1H3,(H,12,13);4-6H2,1-3H3. The maximum absolute atomic E-state index is 10.6. The molecule has 5 nitrogen and oxygen atoms in total. The molecule has 0 heterocycles. The van der Waals surface area contributed by atoms with Gasteiger partial charge in [-0.1, -0.05) is 32.9 Å². The van der Waals surface area contributed by atoms with Crippen LogP contribution in [0, 0.1) is 0 Å². The maximum Gasteiger partial charge on any atom is 0.333 e. The lowest BCUT2D eigenvalue weighted by Crippen LogP contribution is -2.24. The lowest BCUT2D eigenvalue weighted by atomic mass is 10.1. The van der Waals surface area contributed by atoms with Crippen molar-refractivity contribution in [3.05, 3.63) is 29.8 Å². The van der Waals surface area contributed by atoms with Crippen molar-refractivity contribution in [3.8, 4) is 5.75 Å². The number of phenolic OH excluding ortho intramolecular Hbond substituents is 1. The third-order valence-corrected chi connectivity index (χ3v) is 3.26.